The lowest BCUT2D eigenvalue weighted by molar-refractivity contribution is 0.640. The maximum atomic E-state index is 4.62. The summed E-state index contributed by atoms with van der Waals surface area (Å²) in [6.45, 7) is 6.99. The zero-order valence-corrected chi connectivity index (χ0v) is 13.1. The molecular formula is C17H23N5. The van der Waals surface area contributed by atoms with Gasteiger partial charge < -0.3 is 15.1 Å². The third-order valence-corrected chi connectivity index (χ3v) is 3.88. The van der Waals surface area contributed by atoms with E-state index in [4.69, 9.17) is 0 Å². The van der Waals surface area contributed by atoms with Crippen LogP contribution in [0.2, 0.25) is 0 Å². The zero-order chi connectivity index (χ0) is 15.2. The van der Waals surface area contributed by atoms with Crippen LogP contribution in [0.4, 0.5) is 17.5 Å². The lowest BCUT2D eigenvalue weighted by Crippen LogP contribution is -2.47. The number of para-hydroxylation sites is 1. The molecule has 116 valence electrons. The van der Waals surface area contributed by atoms with Gasteiger partial charge in [-0.3, -0.25) is 0 Å². The molecule has 0 radical (unpaired) electrons. The van der Waals surface area contributed by atoms with Crippen molar-refractivity contribution in [2.24, 2.45) is 0 Å². The van der Waals surface area contributed by atoms with E-state index in [1.807, 2.05) is 12.3 Å². The summed E-state index contributed by atoms with van der Waals surface area (Å²) in [5, 5.41) is 3.32. The Morgan fingerprint density at radius 2 is 1.73 bits per heavy atom. The van der Waals surface area contributed by atoms with E-state index < -0.39 is 0 Å². The number of benzene rings is 1. The normalized spacial score (nSPS) is 15.0. The summed E-state index contributed by atoms with van der Waals surface area (Å²) in [6.07, 6.45) is 2.93. The molecule has 1 fully saturated rings. The molecule has 5 nitrogen and oxygen atoms in total. The number of anilines is 3. The molecule has 0 atom stereocenters. The molecule has 1 aliphatic heterocycles. The molecule has 0 spiro atoms. The first-order chi connectivity index (χ1) is 10.9. The number of piperazine rings is 1. The standard InChI is InChI=1S/C17H23N5/c1-2-9-18-16-8-10-19-17(20-16)22-13-11-21(12-14-22)15-6-4-3-5-7-15/h3-8,10H,2,9,11-14H2,1H3,(H,18,19,20). The smallest absolute Gasteiger partial charge is 0.227 e. The van der Waals surface area contributed by atoms with Crippen LogP contribution in [0.3, 0.4) is 0 Å². The highest BCUT2D eigenvalue weighted by molar-refractivity contribution is 5.49. The zero-order valence-electron chi connectivity index (χ0n) is 13.1. The first-order valence-electron chi connectivity index (χ1n) is 7.98. The van der Waals surface area contributed by atoms with Gasteiger partial charge in [0.05, 0.1) is 0 Å². The molecule has 22 heavy (non-hydrogen) atoms. The molecule has 1 aromatic carbocycles. The molecule has 0 bridgehead atoms. The fraction of sp³-hybridized carbons (Fsp3) is 0.412. The Kier molecular flexibility index (Phi) is 4.73. The first kappa shape index (κ1) is 14.6. The molecule has 0 aliphatic carbocycles. The van der Waals surface area contributed by atoms with Crippen LogP contribution in [0.1, 0.15) is 13.3 Å². The van der Waals surface area contributed by atoms with Crippen LogP contribution in [0, 0.1) is 0 Å². The van der Waals surface area contributed by atoms with E-state index in [-0.39, 0.29) is 0 Å². The van der Waals surface area contributed by atoms with Gasteiger partial charge in [-0.2, -0.15) is 4.98 Å². The van der Waals surface area contributed by atoms with E-state index in [9.17, 15) is 0 Å². The fourth-order valence-electron chi connectivity index (χ4n) is 2.66. The number of aromatic nitrogens is 2. The molecule has 0 saturated carbocycles. The quantitative estimate of drug-likeness (QED) is 0.919. The Labute approximate surface area is 132 Å². The molecule has 2 aromatic rings. The Hall–Kier alpha value is -2.30. The number of hydrogen-bond acceptors (Lipinski definition) is 5. The van der Waals surface area contributed by atoms with Gasteiger partial charge in [0.1, 0.15) is 5.82 Å². The Morgan fingerprint density at radius 1 is 1.00 bits per heavy atom. The number of nitrogens with zero attached hydrogens (tertiary/aromatic N) is 4. The highest BCUT2D eigenvalue weighted by Gasteiger charge is 2.19. The summed E-state index contributed by atoms with van der Waals surface area (Å²) in [4.78, 5) is 13.7. The van der Waals surface area contributed by atoms with E-state index >= 15 is 0 Å². The van der Waals surface area contributed by atoms with Gasteiger partial charge in [-0.05, 0) is 24.6 Å². The van der Waals surface area contributed by atoms with Gasteiger partial charge in [0.25, 0.3) is 0 Å². The average Bonchev–Trinajstić information content (AvgIpc) is 2.61. The van der Waals surface area contributed by atoms with Crippen molar-refractivity contribution >= 4 is 17.5 Å². The second kappa shape index (κ2) is 7.11. The van der Waals surface area contributed by atoms with Gasteiger partial charge >= 0.3 is 0 Å². The second-order valence-electron chi connectivity index (χ2n) is 5.48. The molecule has 2 heterocycles. The van der Waals surface area contributed by atoms with Gasteiger partial charge in [0, 0.05) is 44.6 Å². The minimum Gasteiger partial charge on any atom is -0.370 e. The van der Waals surface area contributed by atoms with Crippen LogP contribution in [0.15, 0.2) is 42.6 Å². The number of nitrogens with one attached hydrogen (secondary N) is 1. The molecule has 0 unspecified atom stereocenters. The molecule has 1 saturated heterocycles. The third-order valence-electron chi connectivity index (χ3n) is 3.88. The average molecular weight is 297 g/mol. The van der Waals surface area contributed by atoms with E-state index in [0.29, 0.717) is 0 Å². The topological polar surface area (TPSA) is 44.3 Å². The van der Waals surface area contributed by atoms with E-state index in [0.717, 1.165) is 50.9 Å². The monoisotopic (exact) mass is 297 g/mol. The minimum atomic E-state index is 0.828. The fourth-order valence-corrected chi connectivity index (χ4v) is 2.66. The van der Waals surface area contributed by atoms with Crippen molar-refractivity contribution in [2.45, 2.75) is 13.3 Å². The molecule has 0 amide bonds. The Morgan fingerprint density at radius 3 is 2.45 bits per heavy atom. The minimum absolute atomic E-state index is 0.828. The summed E-state index contributed by atoms with van der Waals surface area (Å²) < 4.78 is 0. The van der Waals surface area contributed by atoms with Crippen LogP contribution < -0.4 is 15.1 Å². The van der Waals surface area contributed by atoms with E-state index in [1.165, 1.54) is 5.69 Å². The van der Waals surface area contributed by atoms with Gasteiger partial charge in [0.2, 0.25) is 5.95 Å². The SMILES string of the molecule is CCCNc1ccnc(N2CCN(c3ccccc3)CC2)n1. The third kappa shape index (κ3) is 3.47. The van der Waals surface area contributed by atoms with Crippen LogP contribution >= 0.6 is 0 Å². The van der Waals surface area contributed by atoms with Crippen molar-refractivity contribution in [3.05, 3.63) is 42.6 Å². The largest absolute Gasteiger partial charge is 0.370 e. The van der Waals surface area contributed by atoms with Crippen molar-refractivity contribution in [3.63, 3.8) is 0 Å². The van der Waals surface area contributed by atoms with Crippen molar-refractivity contribution in [1.29, 1.82) is 0 Å². The molecule has 5 heteroatoms. The molecule has 1 aliphatic rings. The van der Waals surface area contributed by atoms with Crippen molar-refractivity contribution < 1.29 is 0 Å². The summed E-state index contributed by atoms with van der Waals surface area (Å²) >= 11 is 0. The molecular weight excluding hydrogens is 274 g/mol. The predicted molar refractivity (Wildman–Crippen MR) is 91.7 cm³/mol. The van der Waals surface area contributed by atoms with Crippen LogP contribution in [-0.4, -0.2) is 42.7 Å². The van der Waals surface area contributed by atoms with Crippen LogP contribution in [-0.2, 0) is 0 Å². The van der Waals surface area contributed by atoms with Crippen molar-refractivity contribution in [2.75, 3.05) is 47.8 Å². The van der Waals surface area contributed by atoms with Gasteiger partial charge in [-0.15, -0.1) is 0 Å². The molecule has 1 N–H and O–H groups in total. The summed E-state index contributed by atoms with van der Waals surface area (Å²) in [7, 11) is 0. The number of rotatable bonds is 5. The second-order valence-corrected chi connectivity index (χ2v) is 5.48. The van der Waals surface area contributed by atoms with Crippen molar-refractivity contribution in [3.8, 4) is 0 Å². The molecule has 3 rings (SSSR count). The summed E-state index contributed by atoms with van der Waals surface area (Å²) in [6, 6.07) is 12.5. The predicted octanol–water partition coefficient (Wildman–Crippen LogP) is 2.63. The van der Waals surface area contributed by atoms with Crippen LogP contribution in [0.5, 0.6) is 0 Å². The van der Waals surface area contributed by atoms with E-state index in [1.54, 1.807) is 0 Å². The lowest BCUT2D eigenvalue weighted by Gasteiger charge is -2.36. The molecule has 1 aromatic heterocycles. The highest BCUT2D eigenvalue weighted by atomic mass is 15.3. The highest BCUT2D eigenvalue weighted by Crippen LogP contribution is 2.18. The maximum absolute atomic E-state index is 4.62. The summed E-state index contributed by atoms with van der Waals surface area (Å²) in [5.41, 5.74) is 1.29. The number of hydrogen-bond donors (Lipinski definition) is 1. The maximum Gasteiger partial charge on any atom is 0.227 e. The first-order valence-corrected chi connectivity index (χ1v) is 7.98. The van der Waals surface area contributed by atoms with Gasteiger partial charge in [0.15, 0.2) is 0 Å². The van der Waals surface area contributed by atoms with E-state index in [2.05, 4.69) is 62.3 Å². The Bertz CT molecular complexity index is 579. The lowest BCUT2D eigenvalue weighted by atomic mass is 10.2. The van der Waals surface area contributed by atoms with Gasteiger partial charge in [-0.1, -0.05) is 25.1 Å². The van der Waals surface area contributed by atoms with Crippen LogP contribution in [0.25, 0.3) is 0 Å². The van der Waals surface area contributed by atoms with Gasteiger partial charge in [-0.25, -0.2) is 4.98 Å². The summed E-state index contributed by atoms with van der Waals surface area (Å²) in [5.74, 6) is 1.74. The van der Waals surface area contributed by atoms with Crippen molar-refractivity contribution in [1.82, 2.24) is 9.97 Å². The Balaban J connectivity index is 1.61.